The first-order valence-electron chi connectivity index (χ1n) is 6.18. The number of rotatable bonds is 4. The number of nitrogens with zero attached hydrogens (tertiary/aromatic N) is 1. The van der Waals surface area contributed by atoms with Crippen LogP contribution in [-0.4, -0.2) is 38.7 Å². The summed E-state index contributed by atoms with van der Waals surface area (Å²) in [6, 6.07) is 9.72. The molecule has 1 saturated heterocycles. The summed E-state index contributed by atoms with van der Waals surface area (Å²) in [5.41, 5.74) is 0. The highest BCUT2D eigenvalue weighted by atomic mass is 32.2. The molecule has 1 aromatic rings. The first-order chi connectivity index (χ1) is 8.55. The van der Waals surface area contributed by atoms with Crippen molar-refractivity contribution in [1.82, 2.24) is 4.31 Å². The van der Waals surface area contributed by atoms with Crippen molar-refractivity contribution in [3.05, 3.63) is 30.3 Å². The molecule has 0 aromatic heterocycles. The van der Waals surface area contributed by atoms with Gasteiger partial charge in [0, 0.05) is 13.1 Å². The molecule has 0 atom stereocenters. The van der Waals surface area contributed by atoms with Crippen LogP contribution in [0.2, 0.25) is 0 Å². The molecule has 0 spiro atoms. The maximum Gasteiger partial charge on any atom is 0.211 e. The van der Waals surface area contributed by atoms with Crippen LogP contribution in [0.3, 0.4) is 0 Å². The quantitative estimate of drug-likeness (QED) is 0.836. The number of piperidine rings is 1. The van der Waals surface area contributed by atoms with Crippen LogP contribution < -0.4 is 4.74 Å². The molecule has 100 valence electrons. The van der Waals surface area contributed by atoms with Crippen LogP contribution in [0, 0.1) is 5.92 Å². The topological polar surface area (TPSA) is 46.6 Å². The predicted molar refractivity (Wildman–Crippen MR) is 71.1 cm³/mol. The van der Waals surface area contributed by atoms with Gasteiger partial charge in [0.15, 0.2) is 0 Å². The monoisotopic (exact) mass is 269 g/mol. The summed E-state index contributed by atoms with van der Waals surface area (Å²) in [6.07, 6.45) is 3.02. The average molecular weight is 269 g/mol. The van der Waals surface area contributed by atoms with Gasteiger partial charge in [-0.25, -0.2) is 12.7 Å². The number of hydrogen-bond acceptors (Lipinski definition) is 3. The fourth-order valence-corrected chi connectivity index (χ4v) is 3.01. The molecular formula is C13H19NO3S. The van der Waals surface area contributed by atoms with E-state index in [9.17, 15) is 8.42 Å². The summed E-state index contributed by atoms with van der Waals surface area (Å²) < 4.78 is 30.0. The van der Waals surface area contributed by atoms with Crippen LogP contribution in [0.1, 0.15) is 12.8 Å². The molecule has 0 radical (unpaired) electrons. The average Bonchev–Trinajstić information content (AvgIpc) is 2.37. The van der Waals surface area contributed by atoms with Gasteiger partial charge in [0.2, 0.25) is 10.0 Å². The number of para-hydroxylation sites is 1. The van der Waals surface area contributed by atoms with Crippen molar-refractivity contribution in [2.45, 2.75) is 12.8 Å². The molecule has 1 aromatic carbocycles. The van der Waals surface area contributed by atoms with Gasteiger partial charge >= 0.3 is 0 Å². The summed E-state index contributed by atoms with van der Waals surface area (Å²) in [6.45, 7) is 1.89. The third-order valence-corrected chi connectivity index (χ3v) is 4.57. The normalized spacial score (nSPS) is 18.7. The van der Waals surface area contributed by atoms with E-state index in [1.807, 2.05) is 30.3 Å². The molecule has 5 heteroatoms. The molecular weight excluding hydrogens is 250 g/mol. The van der Waals surface area contributed by atoms with Crippen LogP contribution in [-0.2, 0) is 10.0 Å². The minimum absolute atomic E-state index is 0.447. The number of ether oxygens (including phenoxy) is 1. The Labute approximate surface area is 109 Å². The molecule has 0 amide bonds. The lowest BCUT2D eigenvalue weighted by Gasteiger charge is -2.30. The van der Waals surface area contributed by atoms with Crippen molar-refractivity contribution in [3.8, 4) is 5.75 Å². The van der Waals surface area contributed by atoms with Gasteiger partial charge in [-0.05, 0) is 30.9 Å². The van der Waals surface area contributed by atoms with Gasteiger partial charge in [0.25, 0.3) is 0 Å². The van der Waals surface area contributed by atoms with Gasteiger partial charge in [-0.2, -0.15) is 0 Å². The molecule has 0 aliphatic carbocycles. The van der Waals surface area contributed by atoms with E-state index >= 15 is 0 Å². The molecule has 1 aliphatic rings. The van der Waals surface area contributed by atoms with Gasteiger partial charge < -0.3 is 4.74 Å². The van der Waals surface area contributed by atoms with Crippen LogP contribution in [0.4, 0.5) is 0 Å². The largest absolute Gasteiger partial charge is 0.493 e. The minimum atomic E-state index is -3.02. The fourth-order valence-electron chi connectivity index (χ4n) is 2.14. The Morgan fingerprint density at radius 3 is 2.39 bits per heavy atom. The molecule has 1 heterocycles. The Bertz CT molecular complexity index is 464. The Hall–Kier alpha value is -1.07. The molecule has 0 bridgehead atoms. The summed E-state index contributed by atoms with van der Waals surface area (Å²) >= 11 is 0. The number of hydrogen-bond donors (Lipinski definition) is 0. The lowest BCUT2D eigenvalue weighted by atomic mass is 9.99. The standard InChI is InChI=1S/C13H19NO3S/c1-18(15,16)14-9-7-12(8-10-14)11-17-13-5-3-2-4-6-13/h2-6,12H,7-11H2,1H3. The van der Waals surface area contributed by atoms with E-state index in [4.69, 9.17) is 4.74 Å². The fraction of sp³-hybridized carbons (Fsp3) is 0.538. The molecule has 1 aliphatic heterocycles. The van der Waals surface area contributed by atoms with Crippen molar-refractivity contribution in [2.75, 3.05) is 26.0 Å². The van der Waals surface area contributed by atoms with Crippen molar-refractivity contribution < 1.29 is 13.2 Å². The second-order valence-electron chi connectivity index (χ2n) is 4.73. The minimum Gasteiger partial charge on any atom is -0.493 e. The second kappa shape index (κ2) is 5.71. The highest BCUT2D eigenvalue weighted by Gasteiger charge is 2.25. The molecule has 18 heavy (non-hydrogen) atoms. The Morgan fingerprint density at radius 1 is 1.22 bits per heavy atom. The lowest BCUT2D eigenvalue weighted by molar-refractivity contribution is 0.186. The molecule has 0 saturated carbocycles. The molecule has 1 fully saturated rings. The van der Waals surface area contributed by atoms with E-state index in [-0.39, 0.29) is 0 Å². The zero-order valence-electron chi connectivity index (χ0n) is 10.6. The van der Waals surface area contributed by atoms with Crippen molar-refractivity contribution in [3.63, 3.8) is 0 Å². The van der Waals surface area contributed by atoms with Gasteiger partial charge in [-0.1, -0.05) is 18.2 Å². The zero-order chi connectivity index (χ0) is 13.0. The van der Waals surface area contributed by atoms with Crippen LogP contribution in [0.25, 0.3) is 0 Å². The van der Waals surface area contributed by atoms with E-state index in [1.165, 1.54) is 6.26 Å². The third-order valence-electron chi connectivity index (χ3n) is 3.27. The van der Waals surface area contributed by atoms with Crippen molar-refractivity contribution in [1.29, 1.82) is 0 Å². The number of benzene rings is 1. The van der Waals surface area contributed by atoms with Crippen molar-refractivity contribution >= 4 is 10.0 Å². The van der Waals surface area contributed by atoms with Gasteiger partial charge in [0.1, 0.15) is 5.75 Å². The first-order valence-corrected chi connectivity index (χ1v) is 8.03. The molecule has 0 unspecified atom stereocenters. The van der Waals surface area contributed by atoms with E-state index in [0.29, 0.717) is 25.6 Å². The van der Waals surface area contributed by atoms with Crippen LogP contribution >= 0.6 is 0 Å². The molecule has 0 N–H and O–H groups in total. The summed E-state index contributed by atoms with van der Waals surface area (Å²) in [5, 5.41) is 0. The van der Waals surface area contributed by atoms with Gasteiger partial charge in [0.05, 0.1) is 12.9 Å². The smallest absolute Gasteiger partial charge is 0.211 e. The Morgan fingerprint density at radius 2 is 1.83 bits per heavy atom. The zero-order valence-corrected chi connectivity index (χ0v) is 11.4. The van der Waals surface area contributed by atoms with E-state index in [2.05, 4.69) is 0 Å². The van der Waals surface area contributed by atoms with Crippen LogP contribution in [0.15, 0.2) is 30.3 Å². The maximum atomic E-state index is 11.4. The second-order valence-corrected chi connectivity index (χ2v) is 6.71. The number of sulfonamides is 1. The van der Waals surface area contributed by atoms with Crippen molar-refractivity contribution in [2.24, 2.45) is 5.92 Å². The maximum absolute atomic E-state index is 11.4. The van der Waals surface area contributed by atoms with Gasteiger partial charge in [-0.15, -0.1) is 0 Å². The van der Waals surface area contributed by atoms with Gasteiger partial charge in [-0.3, -0.25) is 0 Å². The first kappa shape index (κ1) is 13.4. The summed E-state index contributed by atoms with van der Waals surface area (Å²) in [5.74, 6) is 1.33. The Balaban J connectivity index is 1.78. The summed E-state index contributed by atoms with van der Waals surface area (Å²) in [4.78, 5) is 0. The SMILES string of the molecule is CS(=O)(=O)N1CCC(COc2ccccc2)CC1. The molecule has 4 nitrogen and oxygen atoms in total. The van der Waals surface area contributed by atoms with Crippen LogP contribution in [0.5, 0.6) is 5.75 Å². The lowest BCUT2D eigenvalue weighted by Crippen LogP contribution is -2.39. The van der Waals surface area contributed by atoms with E-state index < -0.39 is 10.0 Å². The highest BCUT2D eigenvalue weighted by Crippen LogP contribution is 2.20. The van der Waals surface area contributed by atoms with E-state index in [1.54, 1.807) is 4.31 Å². The third kappa shape index (κ3) is 3.71. The van der Waals surface area contributed by atoms with E-state index in [0.717, 1.165) is 18.6 Å². The highest BCUT2D eigenvalue weighted by molar-refractivity contribution is 7.88. The summed E-state index contributed by atoms with van der Waals surface area (Å²) in [7, 11) is -3.02. The predicted octanol–water partition coefficient (Wildman–Crippen LogP) is 1.74. The molecule has 2 rings (SSSR count). The Kier molecular flexibility index (Phi) is 4.24.